The van der Waals surface area contributed by atoms with Crippen molar-refractivity contribution in [3.05, 3.63) is 16.4 Å². The van der Waals surface area contributed by atoms with Crippen LogP contribution in [0.3, 0.4) is 0 Å². The minimum absolute atomic E-state index is 0.0277. The summed E-state index contributed by atoms with van der Waals surface area (Å²) in [6, 6.07) is 0.295. The smallest absolute Gasteiger partial charge is 0.270 e. The van der Waals surface area contributed by atoms with Crippen molar-refractivity contribution in [1.82, 2.24) is 15.1 Å². The van der Waals surface area contributed by atoms with Gasteiger partial charge in [0, 0.05) is 13.1 Å². The van der Waals surface area contributed by atoms with Gasteiger partial charge in [-0.15, -0.1) is 0 Å². The molecule has 4 nitrogen and oxygen atoms in total. The highest BCUT2D eigenvalue weighted by atomic mass is 79.9. The number of carbonyl (C=O) groups is 1. The lowest BCUT2D eigenvalue weighted by Crippen LogP contribution is -2.40. The normalized spacial score (nSPS) is 23.1. The van der Waals surface area contributed by atoms with Crippen LogP contribution in [0.2, 0.25) is 0 Å². The summed E-state index contributed by atoms with van der Waals surface area (Å²) >= 11 is 3.38. The molecule has 21 heavy (non-hydrogen) atoms. The Kier molecular flexibility index (Phi) is 5.12. The number of carbonyl (C=O) groups excluding carboxylic acids is 1. The van der Waals surface area contributed by atoms with Crippen LogP contribution in [-0.2, 0) is 7.05 Å². The summed E-state index contributed by atoms with van der Waals surface area (Å²) < 4.78 is 2.37. The summed E-state index contributed by atoms with van der Waals surface area (Å²) in [5.74, 6) is 0.749. The maximum absolute atomic E-state index is 12.3. The van der Waals surface area contributed by atoms with Crippen molar-refractivity contribution >= 4 is 21.8 Å². The van der Waals surface area contributed by atoms with Crippen LogP contribution >= 0.6 is 15.9 Å². The Balaban J connectivity index is 1.91. The molecule has 0 spiro atoms. The molecule has 1 aliphatic rings. The van der Waals surface area contributed by atoms with Crippen molar-refractivity contribution in [3.8, 4) is 0 Å². The Morgan fingerprint density at radius 3 is 2.52 bits per heavy atom. The molecule has 0 radical (unpaired) electrons. The fraction of sp³-hybridized carbons (Fsp3) is 0.750. The monoisotopic (exact) mass is 355 g/mol. The zero-order valence-corrected chi connectivity index (χ0v) is 15.0. The first kappa shape index (κ1) is 16.5. The number of aromatic nitrogens is 2. The van der Waals surface area contributed by atoms with Crippen LogP contribution in [0.5, 0.6) is 0 Å². The largest absolute Gasteiger partial charge is 0.348 e. The molecule has 1 amide bonds. The van der Waals surface area contributed by atoms with Gasteiger partial charge in [0.15, 0.2) is 0 Å². The molecule has 1 heterocycles. The maximum atomic E-state index is 12.3. The maximum Gasteiger partial charge on any atom is 0.270 e. The first-order valence-electron chi connectivity index (χ1n) is 7.83. The topological polar surface area (TPSA) is 46.9 Å². The van der Waals surface area contributed by atoms with E-state index < -0.39 is 0 Å². The van der Waals surface area contributed by atoms with Crippen LogP contribution in [0.4, 0.5) is 0 Å². The molecule has 1 aromatic rings. The second kappa shape index (κ2) is 6.51. The van der Waals surface area contributed by atoms with E-state index >= 15 is 0 Å². The van der Waals surface area contributed by atoms with E-state index in [1.165, 1.54) is 19.3 Å². The van der Waals surface area contributed by atoms with Gasteiger partial charge in [0.25, 0.3) is 5.91 Å². The van der Waals surface area contributed by atoms with Gasteiger partial charge in [0.1, 0.15) is 5.69 Å². The van der Waals surface area contributed by atoms with E-state index in [0.717, 1.165) is 23.2 Å². The third kappa shape index (κ3) is 3.68. The minimum Gasteiger partial charge on any atom is -0.348 e. The van der Waals surface area contributed by atoms with Crippen molar-refractivity contribution in [3.63, 3.8) is 0 Å². The number of rotatable bonds is 4. The number of nitrogens with one attached hydrogen (secondary N) is 1. The molecule has 0 aliphatic heterocycles. The first-order chi connectivity index (χ1) is 9.85. The van der Waals surface area contributed by atoms with Gasteiger partial charge in [-0.05, 0) is 52.9 Å². The van der Waals surface area contributed by atoms with Crippen LogP contribution in [0.25, 0.3) is 0 Å². The summed E-state index contributed by atoms with van der Waals surface area (Å²) in [4.78, 5) is 12.3. The molecule has 5 heteroatoms. The Labute approximate surface area is 135 Å². The molecule has 0 atom stereocenters. The van der Waals surface area contributed by atoms with Crippen LogP contribution in [0.1, 0.15) is 63.4 Å². The summed E-state index contributed by atoms with van der Waals surface area (Å²) in [5, 5.41) is 7.26. The van der Waals surface area contributed by atoms with Crippen LogP contribution < -0.4 is 5.32 Å². The number of nitrogens with zero attached hydrogens (tertiary/aromatic N) is 2. The van der Waals surface area contributed by atoms with Gasteiger partial charge in [-0.2, -0.15) is 5.10 Å². The van der Waals surface area contributed by atoms with Crippen molar-refractivity contribution in [2.45, 2.75) is 58.9 Å². The molecular formula is C16H26BrN3O. The van der Waals surface area contributed by atoms with Crippen molar-refractivity contribution in [1.29, 1.82) is 0 Å². The van der Waals surface area contributed by atoms with E-state index in [4.69, 9.17) is 0 Å². The lowest BCUT2D eigenvalue weighted by atomic mass is 9.69. The van der Waals surface area contributed by atoms with Gasteiger partial charge in [-0.25, -0.2) is 0 Å². The van der Waals surface area contributed by atoms with Gasteiger partial charge in [0.2, 0.25) is 0 Å². The second-order valence-corrected chi connectivity index (χ2v) is 7.68. The highest BCUT2D eigenvalue weighted by molar-refractivity contribution is 9.10. The Hall–Kier alpha value is -0.840. The standard InChI is InChI=1S/C16H26BrN3O/c1-5-16(2,3)11-6-8-12(9-7-11)19-15(21)14-13(17)10-18-20(14)4/h10-12H,5-9H2,1-4H3,(H,19,21). The Morgan fingerprint density at radius 1 is 1.43 bits per heavy atom. The van der Waals surface area contributed by atoms with Crippen LogP contribution in [0.15, 0.2) is 10.7 Å². The molecule has 1 saturated carbocycles. The number of hydrogen-bond acceptors (Lipinski definition) is 2. The molecule has 1 aromatic heterocycles. The highest BCUT2D eigenvalue weighted by Crippen LogP contribution is 2.40. The zero-order chi connectivity index (χ0) is 15.6. The molecule has 0 aromatic carbocycles. The molecule has 1 fully saturated rings. The molecule has 2 rings (SSSR count). The van der Waals surface area contributed by atoms with Gasteiger partial charge >= 0.3 is 0 Å². The van der Waals surface area contributed by atoms with Gasteiger partial charge < -0.3 is 5.32 Å². The van der Waals surface area contributed by atoms with Crippen LogP contribution in [-0.4, -0.2) is 21.7 Å². The predicted molar refractivity (Wildman–Crippen MR) is 88.2 cm³/mol. The van der Waals surface area contributed by atoms with E-state index in [0.29, 0.717) is 17.2 Å². The minimum atomic E-state index is -0.0277. The SMILES string of the molecule is CCC(C)(C)C1CCC(NC(=O)c2c(Br)cnn2C)CC1. The predicted octanol–water partition coefficient (Wildman–Crippen LogP) is 3.91. The third-order valence-corrected chi connectivity index (χ3v) is 5.77. The van der Waals surface area contributed by atoms with Crippen LogP contribution in [0, 0.1) is 11.3 Å². The summed E-state index contributed by atoms with van der Waals surface area (Å²) in [7, 11) is 1.79. The fourth-order valence-corrected chi connectivity index (χ4v) is 3.76. The Bertz CT molecular complexity index is 482. The average molecular weight is 356 g/mol. The summed E-state index contributed by atoms with van der Waals surface area (Å²) in [6.07, 6.45) is 7.45. The van der Waals surface area contributed by atoms with Gasteiger partial charge in [-0.1, -0.05) is 27.2 Å². The molecule has 0 saturated heterocycles. The molecule has 0 bridgehead atoms. The fourth-order valence-electron chi connectivity index (χ4n) is 3.23. The van der Waals surface area contributed by atoms with Gasteiger partial charge in [0.05, 0.1) is 10.7 Å². The number of amides is 1. The van der Waals surface area contributed by atoms with Gasteiger partial charge in [-0.3, -0.25) is 9.48 Å². The Morgan fingerprint density at radius 2 is 2.05 bits per heavy atom. The van der Waals surface area contributed by atoms with E-state index in [2.05, 4.69) is 47.1 Å². The summed E-state index contributed by atoms with van der Waals surface area (Å²) in [6.45, 7) is 7.00. The third-order valence-electron chi connectivity index (χ3n) is 5.19. The van der Waals surface area contributed by atoms with Crippen molar-refractivity contribution in [2.75, 3.05) is 0 Å². The first-order valence-corrected chi connectivity index (χ1v) is 8.62. The zero-order valence-electron chi connectivity index (χ0n) is 13.4. The van der Waals surface area contributed by atoms with E-state index in [1.54, 1.807) is 17.9 Å². The lowest BCUT2D eigenvalue weighted by molar-refractivity contribution is 0.0883. The molecule has 1 aliphatic carbocycles. The second-order valence-electron chi connectivity index (χ2n) is 6.83. The number of hydrogen-bond donors (Lipinski definition) is 1. The molecule has 118 valence electrons. The highest BCUT2D eigenvalue weighted by Gasteiger charge is 2.32. The summed E-state index contributed by atoms with van der Waals surface area (Å²) in [5.41, 5.74) is 1.02. The van der Waals surface area contributed by atoms with Crippen molar-refractivity contribution in [2.24, 2.45) is 18.4 Å². The van der Waals surface area contributed by atoms with E-state index in [9.17, 15) is 4.79 Å². The number of aryl methyl sites for hydroxylation is 1. The lowest BCUT2D eigenvalue weighted by Gasteiger charge is -2.39. The average Bonchev–Trinajstić information content (AvgIpc) is 2.78. The molecule has 0 unspecified atom stereocenters. The number of halogens is 1. The van der Waals surface area contributed by atoms with E-state index in [-0.39, 0.29) is 5.91 Å². The van der Waals surface area contributed by atoms with Crippen molar-refractivity contribution < 1.29 is 4.79 Å². The quantitative estimate of drug-likeness (QED) is 0.889. The van der Waals surface area contributed by atoms with E-state index in [1.807, 2.05) is 0 Å². The molecular weight excluding hydrogens is 330 g/mol. The molecule has 1 N–H and O–H groups in total.